The molecule has 1 aromatic carbocycles. The summed E-state index contributed by atoms with van der Waals surface area (Å²) < 4.78 is 10.6. The molecule has 0 saturated carbocycles. The Morgan fingerprint density at radius 3 is 3.00 bits per heavy atom. The van der Waals surface area contributed by atoms with Crippen LogP contribution in [0, 0.1) is 0 Å². The van der Waals surface area contributed by atoms with E-state index in [-0.39, 0.29) is 0 Å². The molecule has 3 nitrogen and oxygen atoms in total. The largest absolute Gasteiger partial charge is 0.383 e. The van der Waals surface area contributed by atoms with Gasteiger partial charge in [-0.15, -0.1) is 0 Å². The number of hydrogen-bond donors (Lipinski definition) is 1. The molecule has 1 heterocycles. The zero-order chi connectivity index (χ0) is 12.8. The quantitative estimate of drug-likeness (QED) is 0.827. The second kappa shape index (κ2) is 6.99. The fraction of sp³-hybridized carbons (Fsp3) is 0.308. The zero-order valence-electron chi connectivity index (χ0n) is 10.1. The molecule has 0 amide bonds. The highest BCUT2D eigenvalue weighted by Gasteiger charge is 2.07. The molecule has 0 fully saturated rings. The maximum atomic E-state index is 4.99. The van der Waals surface area contributed by atoms with Crippen LogP contribution in [0.3, 0.4) is 0 Å². The number of rotatable bonds is 6. The molecule has 2 aromatic rings. The molecule has 0 atom stereocenters. The average Bonchev–Trinajstić information content (AvgIpc) is 2.84. The molecule has 1 aromatic heterocycles. The maximum Gasteiger partial charge on any atom is 0.0855 e. The Morgan fingerprint density at radius 2 is 2.22 bits per heavy atom. The summed E-state index contributed by atoms with van der Waals surface area (Å²) in [5, 5.41) is 3.32. The van der Waals surface area contributed by atoms with E-state index >= 15 is 0 Å². The Bertz CT molecular complexity index is 501. The smallest absolute Gasteiger partial charge is 0.0855 e. The zero-order valence-corrected chi connectivity index (χ0v) is 12.6. The van der Waals surface area contributed by atoms with Crippen molar-refractivity contribution in [3.8, 4) is 11.3 Å². The molecule has 18 heavy (non-hydrogen) atoms. The minimum absolute atomic E-state index is 0.732. The van der Waals surface area contributed by atoms with Crippen LogP contribution in [-0.4, -0.2) is 24.6 Å². The molecule has 5 heteroatoms. The fourth-order valence-electron chi connectivity index (χ4n) is 1.58. The van der Waals surface area contributed by atoms with Gasteiger partial charge in [0.05, 0.1) is 12.3 Å². The summed E-state index contributed by atoms with van der Waals surface area (Å²) in [6.07, 6.45) is 0. The summed E-state index contributed by atoms with van der Waals surface area (Å²) in [4.78, 5) is 1.23. The Labute approximate surface area is 119 Å². The highest BCUT2D eigenvalue weighted by Crippen LogP contribution is 2.28. The normalized spacial score (nSPS) is 10.8. The van der Waals surface area contributed by atoms with Crippen molar-refractivity contribution in [3.05, 3.63) is 39.7 Å². The van der Waals surface area contributed by atoms with Crippen molar-refractivity contribution in [3.63, 3.8) is 0 Å². The average molecular weight is 327 g/mol. The van der Waals surface area contributed by atoms with Crippen LogP contribution in [0.4, 0.5) is 0 Å². The summed E-state index contributed by atoms with van der Waals surface area (Å²) in [6.45, 7) is 2.43. The Morgan fingerprint density at radius 1 is 1.39 bits per heavy atom. The summed E-state index contributed by atoms with van der Waals surface area (Å²) in [6, 6.07) is 10.3. The number of methoxy groups -OCH3 is 1. The molecule has 2 rings (SSSR count). The van der Waals surface area contributed by atoms with Crippen LogP contribution in [0.1, 0.15) is 4.88 Å². The van der Waals surface area contributed by atoms with Crippen molar-refractivity contribution in [1.29, 1.82) is 0 Å². The monoisotopic (exact) mass is 326 g/mol. The number of benzene rings is 1. The second-order valence-electron chi connectivity index (χ2n) is 3.83. The number of nitrogens with zero attached hydrogens (tertiary/aromatic N) is 1. The molecule has 0 saturated heterocycles. The van der Waals surface area contributed by atoms with E-state index in [1.54, 1.807) is 7.11 Å². The van der Waals surface area contributed by atoms with E-state index in [0.29, 0.717) is 0 Å². The Hall–Kier alpha value is -0.750. The van der Waals surface area contributed by atoms with Gasteiger partial charge in [-0.1, -0.05) is 34.1 Å². The SMILES string of the molecule is COCCNCc1cc(-c2ccccc2Br)ns1. The fourth-order valence-corrected chi connectivity index (χ4v) is 2.76. The van der Waals surface area contributed by atoms with E-state index in [1.807, 2.05) is 18.2 Å². The van der Waals surface area contributed by atoms with E-state index in [2.05, 4.69) is 37.8 Å². The first kappa shape index (κ1) is 13.7. The third kappa shape index (κ3) is 3.62. The number of nitrogens with one attached hydrogen (secondary N) is 1. The molecular formula is C13H15BrN2OS. The Kier molecular flexibility index (Phi) is 5.31. The highest BCUT2D eigenvalue weighted by atomic mass is 79.9. The van der Waals surface area contributed by atoms with Crippen LogP contribution in [-0.2, 0) is 11.3 Å². The summed E-state index contributed by atoms with van der Waals surface area (Å²) in [7, 11) is 1.71. The van der Waals surface area contributed by atoms with Crippen LogP contribution in [0.25, 0.3) is 11.3 Å². The molecule has 0 aliphatic carbocycles. The van der Waals surface area contributed by atoms with Gasteiger partial charge in [-0.05, 0) is 23.7 Å². The topological polar surface area (TPSA) is 34.1 Å². The van der Waals surface area contributed by atoms with Crippen LogP contribution in [0.15, 0.2) is 34.8 Å². The molecule has 0 bridgehead atoms. The van der Waals surface area contributed by atoms with Crippen molar-refractivity contribution in [1.82, 2.24) is 9.69 Å². The van der Waals surface area contributed by atoms with E-state index in [9.17, 15) is 0 Å². The van der Waals surface area contributed by atoms with Crippen LogP contribution in [0.2, 0.25) is 0 Å². The number of aromatic nitrogens is 1. The number of hydrogen-bond acceptors (Lipinski definition) is 4. The van der Waals surface area contributed by atoms with Crippen molar-refractivity contribution in [2.75, 3.05) is 20.3 Å². The van der Waals surface area contributed by atoms with Gasteiger partial charge >= 0.3 is 0 Å². The lowest BCUT2D eigenvalue weighted by atomic mass is 10.1. The first-order valence-electron chi connectivity index (χ1n) is 5.71. The standard InChI is InChI=1S/C13H15BrN2OS/c1-17-7-6-15-9-10-8-13(16-18-10)11-4-2-3-5-12(11)14/h2-5,8,15H,6-7,9H2,1H3. The van der Waals surface area contributed by atoms with Crippen molar-refractivity contribution < 1.29 is 4.74 Å². The molecule has 0 spiro atoms. The Balaban J connectivity index is 2.00. The van der Waals surface area contributed by atoms with Gasteiger partial charge in [-0.25, -0.2) is 0 Å². The third-order valence-corrected chi connectivity index (χ3v) is 3.97. The van der Waals surface area contributed by atoms with Gasteiger partial charge in [-0.3, -0.25) is 0 Å². The third-order valence-electron chi connectivity index (χ3n) is 2.49. The van der Waals surface area contributed by atoms with Crippen molar-refractivity contribution in [2.45, 2.75) is 6.54 Å². The molecule has 0 aliphatic rings. The van der Waals surface area contributed by atoms with Gasteiger partial charge in [0.15, 0.2) is 0 Å². The van der Waals surface area contributed by atoms with Crippen molar-refractivity contribution in [2.24, 2.45) is 0 Å². The van der Waals surface area contributed by atoms with Crippen LogP contribution < -0.4 is 5.32 Å². The first-order valence-corrected chi connectivity index (χ1v) is 7.28. The number of halogens is 1. The van der Waals surface area contributed by atoms with Gasteiger partial charge in [0.1, 0.15) is 0 Å². The molecule has 0 radical (unpaired) electrons. The first-order chi connectivity index (χ1) is 8.81. The van der Waals surface area contributed by atoms with Gasteiger partial charge < -0.3 is 10.1 Å². The minimum atomic E-state index is 0.732. The van der Waals surface area contributed by atoms with Crippen molar-refractivity contribution >= 4 is 27.5 Å². The molecule has 1 N–H and O–H groups in total. The summed E-state index contributed by atoms with van der Waals surface area (Å²) in [5.74, 6) is 0. The van der Waals surface area contributed by atoms with Gasteiger partial charge in [0, 0.05) is 35.1 Å². The summed E-state index contributed by atoms with van der Waals surface area (Å²) >= 11 is 5.08. The predicted octanol–water partition coefficient (Wildman–Crippen LogP) is 3.31. The predicted molar refractivity (Wildman–Crippen MR) is 78.8 cm³/mol. The maximum absolute atomic E-state index is 4.99. The lowest BCUT2D eigenvalue weighted by Crippen LogP contribution is -2.17. The van der Waals surface area contributed by atoms with E-state index in [0.717, 1.165) is 35.4 Å². The molecule has 0 unspecified atom stereocenters. The highest BCUT2D eigenvalue weighted by molar-refractivity contribution is 9.10. The van der Waals surface area contributed by atoms with E-state index in [4.69, 9.17) is 4.74 Å². The molecular weight excluding hydrogens is 312 g/mol. The lowest BCUT2D eigenvalue weighted by Gasteiger charge is -2.00. The van der Waals surface area contributed by atoms with Gasteiger partial charge in [-0.2, -0.15) is 4.37 Å². The van der Waals surface area contributed by atoms with Crippen LogP contribution in [0.5, 0.6) is 0 Å². The minimum Gasteiger partial charge on any atom is -0.383 e. The van der Waals surface area contributed by atoms with E-state index < -0.39 is 0 Å². The second-order valence-corrected chi connectivity index (χ2v) is 5.57. The van der Waals surface area contributed by atoms with E-state index in [1.165, 1.54) is 16.4 Å². The van der Waals surface area contributed by atoms with Crippen LogP contribution >= 0.6 is 27.5 Å². The molecule has 0 aliphatic heterocycles. The summed E-state index contributed by atoms with van der Waals surface area (Å²) in [5.41, 5.74) is 2.16. The molecule has 96 valence electrons. The number of ether oxygens (including phenoxy) is 1. The van der Waals surface area contributed by atoms with Gasteiger partial charge in [0.25, 0.3) is 0 Å². The lowest BCUT2D eigenvalue weighted by molar-refractivity contribution is 0.199. The van der Waals surface area contributed by atoms with Gasteiger partial charge in [0.2, 0.25) is 0 Å².